The van der Waals surface area contributed by atoms with Crippen molar-refractivity contribution >= 4 is 27.3 Å². The summed E-state index contributed by atoms with van der Waals surface area (Å²) in [5.74, 6) is -0.263. The highest BCUT2D eigenvalue weighted by atomic mass is 32.2. The summed E-state index contributed by atoms with van der Waals surface area (Å²) in [4.78, 5) is 14.3. The number of rotatable bonds is 5. The fourth-order valence-electron chi connectivity index (χ4n) is 2.56. The molecular weight excluding hydrogens is 324 g/mol. The standard InChI is InChI=1S/C14H22N2O4S2/c1-2-9-20-11-4-3-7-16(8-5-11)13(17)12-6-10-21-14(12)22(15,18)19/h6,10-11H,2-5,7-9H2,1H3,(H2,15,18,19). The average molecular weight is 346 g/mol. The molecule has 2 N–H and O–H groups in total. The van der Waals surface area contributed by atoms with Crippen LogP contribution in [0.2, 0.25) is 0 Å². The number of ether oxygens (including phenoxy) is 1. The van der Waals surface area contributed by atoms with Gasteiger partial charge < -0.3 is 9.64 Å². The van der Waals surface area contributed by atoms with E-state index in [1.807, 2.05) is 0 Å². The van der Waals surface area contributed by atoms with Crippen molar-refractivity contribution in [2.24, 2.45) is 5.14 Å². The molecule has 1 unspecified atom stereocenters. The van der Waals surface area contributed by atoms with Gasteiger partial charge in [0.1, 0.15) is 4.21 Å². The normalized spacial score (nSPS) is 19.9. The highest BCUT2D eigenvalue weighted by Gasteiger charge is 2.27. The highest BCUT2D eigenvalue weighted by Crippen LogP contribution is 2.24. The molecule has 124 valence electrons. The molecule has 0 aliphatic carbocycles. The van der Waals surface area contributed by atoms with E-state index < -0.39 is 10.0 Å². The van der Waals surface area contributed by atoms with Gasteiger partial charge in [0.25, 0.3) is 5.91 Å². The molecule has 1 saturated heterocycles. The Kier molecular flexibility index (Phi) is 5.96. The van der Waals surface area contributed by atoms with Gasteiger partial charge in [0.2, 0.25) is 10.0 Å². The molecule has 0 aromatic carbocycles. The Morgan fingerprint density at radius 3 is 2.91 bits per heavy atom. The fraction of sp³-hybridized carbons (Fsp3) is 0.643. The van der Waals surface area contributed by atoms with Crippen LogP contribution in [0.15, 0.2) is 15.7 Å². The first kappa shape index (κ1) is 17.4. The molecule has 0 radical (unpaired) electrons. The number of carbonyl (C=O) groups is 1. The maximum absolute atomic E-state index is 12.6. The van der Waals surface area contributed by atoms with Crippen LogP contribution in [-0.2, 0) is 14.8 Å². The minimum atomic E-state index is -3.86. The Bertz CT molecular complexity index is 612. The van der Waals surface area contributed by atoms with E-state index in [2.05, 4.69) is 6.92 Å². The lowest BCUT2D eigenvalue weighted by molar-refractivity contribution is 0.0432. The van der Waals surface area contributed by atoms with E-state index in [9.17, 15) is 13.2 Å². The van der Waals surface area contributed by atoms with Crippen LogP contribution in [0.5, 0.6) is 0 Å². The second kappa shape index (κ2) is 7.54. The van der Waals surface area contributed by atoms with E-state index in [1.165, 1.54) is 6.07 Å². The zero-order valence-electron chi connectivity index (χ0n) is 12.7. The van der Waals surface area contributed by atoms with Gasteiger partial charge in [-0.2, -0.15) is 0 Å². The Morgan fingerprint density at radius 1 is 1.45 bits per heavy atom. The number of primary sulfonamides is 1. The number of hydrogen-bond acceptors (Lipinski definition) is 5. The quantitative estimate of drug-likeness (QED) is 0.880. The van der Waals surface area contributed by atoms with Crippen molar-refractivity contribution in [2.75, 3.05) is 19.7 Å². The Morgan fingerprint density at radius 2 is 2.23 bits per heavy atom. The third kappa shape index (κ3) is 4.28. The lowest BCUT2D eigenvalue weighted by Crippen LogP contribution is -2.33. The van der Waals surface area contributed by atoms with Crippen LogP contribution in [0, 0.1) is 0 Å². The molecule has 1 aliphatic heterocycles. The van der Waals surface area contributed by atoms with E-state index in [-0.39, 0.29) is 21.8 Å². The number of likely N-dealkylation sites (tertiary alicyclic amines) is 1. The first-order chi connectivity index (χ1) is 10.4. The minimum Gasteiger partial charge on any atom is -0.378 e. The van der Waals surface area contributed by atoms with Crippen molar-refractivity contribution < 1.29 is 17.9 Å². The lowest BCUT2D eigenvalue weighted by atomic mass is 10.2. The summed E-state index contributed by atoms with van der Waals surface area (Å²) in [6.45, 7) is 3.99. The number of sulfonamides is 1. The van der Waals surface area contributed by atoms with Crippen molar-refractivity contribution in [1.29, 1.82) is 0 Å². The minimum absolute atomic E-state index is 0.0551. The first-order valence-electron chi connectivity index (χ1n) is 7.44. The van der Waals surface area contributed by atoms with Crippen LogP contribution in [0.25, 0.3) is 0 Å². The Hall–Kier alpha value is -0.960. The maximum atomic E-state index is 12.6. The van der Waals surface area contributed by atoms with Crippen molar-refractivity contribution in [3.05, 3.63) is 17.0 Å². The van der Waals surface area contributed by atoms with Crippen LogP contribution >= 0.6 is 11.3 Å². The number of nitrogens with two attached hydrogens (primary N) is 1. The second-order valence-corrected chi connectivity index (χ2v) is 8.06. The Labute approximate surface area is 135 Å². The molecule has 8 heteroatoms. The van der Waals surface area contributed by atoms with E-state index >= 15 is 0 Å². The monoisotopic (exact) mass is 346 g/mol. The first-order valence-corrected chi connectivity index (χ1v) is 9.87. The van der Waals surface area contributed by atoms with Gasteiger partial charge in [-0.25, -0.2) is 13.6 Å². The van der Waals surface area contributed by atoms with Crippen LogP contribution in [0.1, 0.15) is 43.0 Å². The molecule has 1 aromatic heterocycles. The van der Waals surface area contributed by atoms with Gasteiger partial charge in [-0.1, -0.05) is 6.92 Å². The summed E-state index contributed by atoms with van der Waals surface area (Å²) in [5.41, 5.74) is 0.181. The summed E-state index contributed by atoms with van der Waals surface area (Å²) in [7, 11) is -3.86. The summed E-state index contributed by atoms with van der Waals surface area (Å²) in [5, 5.41) is 6.75. The Balaban J connectivity index is 2.06. The summed E-state index contributed by atoms with van der Waals surface area (Å²) >= 11 is 0.981. The van der Waals surface area contributed by atoms with Gasteiger partial charge in [-0.3, -0.25) is 4.79 Å². The predicted molar refractivity (Wildman–Crippen MR) is 85.5 cm³/mol. The van der Waals surface area contributed by atoms with Crippen LogP contribution in [0.4, 0.5) is 0 Å². The van der Waals surface area contributed by atoms with Crippen LogP contribution in [-0.4, -0.2) is 45.0 Å². The molecule has 1 aromatic rings. The number of nitrogens with zero attached hydrogens (tertiary/aromatic N) is 1. The lowest BCUT2D eigenvalue weighted by Gasteiger charge is -2.20. The maximum Gasteiger partial charge on any atom is 0.256 e. The molecule has 0 saturated carbocycles. The smallest absolute Gasteiger partial charge is 0.256 e. The topological polar surface area (TPSA) is 89.7 Å². The number of thiophene rings is 1. The third-order valence-electron chi connectivity index (χ3n) is 3.64. The highest BCUT2D eigenvalue weighted by molar-refractivity contribution is 7.91. The van der Waals surface area contributed by atoms with Gasteiger partial charge >= 0.3 is 0 Å². The molecule has 0 spiro atoms. The SMILES string of the molecule is CCCOC1CCCN(C(=O)c2ccsc2S(N)(=O)=O)CC1. The second-order valence-electron chi connectivity index (χ2n) is 5.38. The molecule has 1 amide bonds. The summed E-state index contributed by atoms with van der Waals surface area (Å²) < 4.78 is 28.8. The number of amides is 1. The van der Waals surface area contributed by atoms with Gasteiger partial charge in [0, 0.05) is 19.7 Å². The largest absolute Gasteiger partial charge is 0.378 e. The van der Waals surface area contributed by atoms with Gasteiger partial charge in [0.05, 0.1) is 11.7 Å². The zero-order chi connectivity index (χ0) is 16.2. The van der Waals surface area contributed by atoms with Gasteiger partial charge in [-0.15, -0.1) is 11.3 Å². The fourth-order valence-corrected chi connectivity index (χ4v) is 4.34. The van der Waals surface area contributed by atoms with E-state index in [0.717, 1.165) is 43.6 Å². The van der Waals surface area contributed by atoms with E-state index in [0.29, 0.717) is 13.1 Å². The zero-order valence-corrected chi connectivity index (χ0v) is 14.3. The molecule has 1 atom stereocenters. The van der Waals surface area contributed by atoms with Gasteiger partial charge in [-0.05, 0) is 37.1 Å². The molecule has 22 heavy (non-hydrogen) atoms. The van der Waals surface area contributed by atoms with Crippen molar-refractivity contribution in [1.82, 2.24) is 4.90 Å². The molecule has 6 nitrogen and oxygen atoms in total. The number of carbonyl (C=O) groups excluding carboxylic acids is 1. The number of hydrogen-bond donors (Lipinski definition) is 1. The van der Waals surface area contributed by atoms with Crippen molar-refractivity contribution in [2.45, 2.75) is 42.9 Å². The van der Waals surface area contributed by atoms with Crippen molar-refractivity contribution in [3.8, 4) is 0 Å². The van der Waals surface area contributed by atoms with E-state index in [4.69, 9.17) is 9.88 Å². The van der Waals surface area contributed by atoms with Gasteiger partial charge in [0.15, 0.2) is 0 Å². The van der Waals surface area contributed by atoms with Crippen LogP contribution < -0.4 is 5.14 Å². The average Bonchev–Trinajstić information content (AvgIpc) is 2.85. The molecule has 2 rings (SSSR count). The molecular formula is C14H22N2O4S2. The molecule has 1 fully saturated rings. The molecule has 2 heterocycles. The van der Waals surface area contributed by atoms with E-state index in [1.54, 1.807) is 10.3 Å². The summed E-state index contributed by atoms with van der Waals surface area (Å²) in [6.07, 6.45) is 3.72. The third-order valence-corrected chi connectivity index (χ3v) is 6.07. The molecule has 1 aliphatic rings. The van der Waals surface area contributed by atoms with Crippen molar-refractivity contribution in [3.63, 3.8) is 0 Å². The summed E-state index contributed by atoms with van der Waals surface area (Å²) in [6, 6.07) is 1.53. The predicted octanol–water partition coefficient (Wildman–Crippen LogP) is 1.82. The molecule has 0 bridgehead atoms. The van der Waals surface area contributed by atoms with Crippen LogP contribution in [0.3, 0.4) is 0 Å².